The molecule has 0 bridgehead atoms. The summed E-state index contributed by atoms with van der Waals surface area (Å²) < 4.78 is 0. The molecule has 2 N–H and O–H groups in total. The van der Waals surface area contributed by atoms with E-state index in [-0.39, 0.29) is 0 Å². The molecule has 2 aromatic carbocycles. The first kappa shape index (κ1) is 16.7. The summed E-state index contributed by atoms with van der Waals surface area (Å²) in [5.41, 5.74) is 3.33. The number of aromatic nitrogens is 4. The van der Waals surface area contributed by atoms with E-state index in [4.69, 9.17) is 9.97 Å². The van der Waals surface area contributed by atoms with Gasteiger partial charge in [0, 0.05) is 36.7 Å². The lowest BCUT2D eigenvalue weighted by atomic mass is 10.2. The van der Waals surface area contributed by atoms with Crippen molar-refractivity contribution >= 4 is 28.5 Å². The normalized spacial score (nSPS) is 13.6. The van der Waals surface area contributed by atoms with Crippen LogP contribution in [-0.2, 0) is 6.54 Å². The van der Waals surface area contributed by atoms with Gasteiger partial charge in [0.25, 0.3) is 0 Å². The van der Waals surface area contributed by atoms with Gasteiger partial charge < -0.3 is 10.2 Å². The van der Waals surface area contributed by atoms with Crippen LogP contribution >= 0.6 is 0 Å². The van der Waals surface area contributed by atoms with Crippen molar-refractivity contribution in [2.45, 2.75) is 25.3 Å². The monoisotopic (exact) mass is 370 g/mol. The van der Waals surface area contributed by atoms with E-state index >= 15 is 0 Å². The van der Waals surface area contributed by atoms with Crippen molar-refractivity contribution in [3.05, 3.63) is 71.9 Å². The van der Waals surface area contributed by atoms with Crippen LogP contribution in [0.15, 0.2) is 60.7 Å². The minimum atomic E-state index is 0.637. The Balaban J connectivity index is 1.48. The zero-order valence-electron chi connectivity index (χ0n) is 15.8. The Morgan fingerprint density at radius 2 is 1.82 bits per heavy atom. The maximum absolute atomic E-state index is 4.81. The highest BCUT2D eigenvalue weighted by Crippen LogP contribution is 2.39. The molecule has 6 heteroatoms. The Labute approximate surface area is 163 Å². The third kappa shape index (κ3) is 3.41. The van der Waals surface area contributed by atoms with E-state index in [1.807, 2.05) is 49.5 Å². The molecule has 0 atom stereocenters. The first-order valence-corrected chi connectivity index (χ1v) is 9.60. The molecule has 1 aliphatic carbocycles. The Kier molecular flexibility index (Phi) is 4.16. The molecule has 1 aliphatic rings. The fourth-order valence-electron chi connectivity index (χ4n) is 3.38. The molecule has 28 heavy (non-hydrogen) atoms. The van der Waals surface area contributed by atoms with Gasteiger partial charge in [0.15, 0.2) is 5.82 Å². The minimum absolute atomic E-state index is 0.637. The van der Waals surface area contributed by atoms with Gasteiger partial charge in [-0.2, -0.15) is 10.1 Å². The molecular formula is C22H22N6. The van der Waals surface area contributed by atoms with Gasteiger partial charge in [0.1, 0.15) is 5.82 Å². The maximum atomic E-state index is 4.81. The molecule has 0 unspecified atom stereocenters. The number of H-pyrrole nitrogens is 1. The fraction of sp³-hybridized carbons (Fsp3) is 0.227. The third-order valence-electron chi connectivity index (χ3n) is 5.06. The highest BCUT2D eigenvalue weighted by Gasteiger charge is 2.25. The minimum Gasteiger partial charge on any atom is -0.339 e. The van der Waals surface area contributed by atoms with Crippen LogP contribution in [0.4, 0.5) is 17.6 Å². The maximum Gasteiger partial charge on any atom is 0.227 e. The van der Waals surface area contributed by atoms with Gasteiger partial charge >= 0.3 is 0 Å². The summed E-state index contributed by atoms with van der Waals surface area (Å²) in [5.74, 6) is 2.89. The van der Waals surface area contributed by atoms with Gasteiger partial charge in [-0.05, 0) is 30.5 Å². The predicted octanol–water partition coefficient (Wildman–Crippen LogP) is 4.61. The lowest BCUT2D eigenvalue weighted by Crippen LogP contribution is -2.19. The highest BCUT2D eigenvalue weighted by atomic mass is 15.3. The number of hydrogen-bond acceptors (Lipinski definition) is 5. The number of rotatable bonds is 6. The number of fused-ring (bicyclic) bond motifs is 1. The van der Waals surface area contributed by atoms with Gasteiger partial charge in [0.2, 0.25) is 5.95 Å². The largest absolute Gasteiger partial charge is 0.339 e. The van der Waals surface area contributed by atoms with Gasteiger partial charge in [0.05, 0.1) is 5.52 Å². The Bertz CT molecular complexity index is 1100. The number of hydrogen-bond donors (Lipinski definition) is 2. The van der Waals surface area contributed by atoms with E-state index in [9.17, 15) is 0 Å². The van der Waals surface area contributed by atoms with E-state index in [2.05, 4.69) is 38.6 Å². The second-order valence-electron chi connectivity index (χ2n) is 7.34. The lowest BCUT2D eigenvalue weighted by Gasteiger charge is -2.19. The van der Waals surface area contributed by atoms with Crippen LogP contribution in [0, 0.1) is 0 Å². The van der Waals surface area contributed by atoms with E-state index in [1.165, 1.54) is 24.1 Å². The number of anilines is 3. The summed E-state index contributed by atoms with van der Waals surface area (Å²) in [5, 5.41) is 11.9. The summed E-state index contributed by atoms with van der Waals surface area (Å²) in [4.78, 5) is 11.6. The van der Waals surface area contributed by atoms with E-state index in [1.54, 1.807) is 0 Å². The van der Waals surface area contributed by atoms with Crippen molar-refractivity contribution in [2.75, 3.05) is 17.3 Å². The van der Waals surface area contributed by atoms with Crippen molar-refractivity contribution in [1.29, 1.82) is 0 Å². The highest BCUT2D eigenvalue weighted by molar-refractivity contribution is 5.91. The first-order chi connectivity index (χ1) is 13.8. The molecule has 4 aromatic rings. The van der Waals surface area contributed by atoms with Crippen LogP contribution in [0.2, 0.25) is 0 Å². The first-order valence-electron chi connectivity index (χ1n) is 9.60. The van der Waals surface area contributed by atoms with Crippen molar-refractivity contribution in [3.8, 4) is 0 Å². The van der Waals surface area contributed by atoms with Crippen LogP contribution in [0.1, 0.15) is 30.0 Å². The summed E-state index contributed by atoms with van der Waals surface area (Å²) >= 11 is 0. The second-order valence-corrected chi connectivity index (χ2v) is 7.34. The van der Waals surface area contributed by atoms with Crippen LogP contribution in [0.3, 0.4) is 0 Å². The average molecular weight is 370 g/mol. The topological polar surface area (TPSA) is 69.7 Å². The Morgan fingerprint density at radius 3 is 2.64 bits per heavy atom. The molecule has 140 valence electrons. The Morgan fingerprint density at radius 1 is 1.04 bits per heavy atom. The summed E-state index contributed by atoms with van der Waals surface area (Å²) in [7, 11) is 2.01. The molecule has 0 saturated heterocycles. The Hall–Kier alpha value is -3.41. The van der Waals surface area contributed by atoms with Crippen LogP contribution in [0.5, 0.6) is 0 Å². The third-order valence-corrected chi connectivity index (χ3v) is 5.06. The summed E-state index contributed by atoms with van der Waals surface area (Å²) in [6.07, 6.45) is 2.49. The number of nitrogens with one attached hydrogen (secondary N) is 2. The van der Waals surface area contributed by atoms with E-state index in [0.717, 1.165) is 29.1 Å². The zero-order chi connectivity index (χ0) is 18.9. The summed E-state index contributed by atoms with van der Waals surface area (Å²) in [6, 6.07) is 20.5. The molecular weight excluding hydrogens is 348 g/mol. The number of benzene rings is 2. The molecule has 6 nitrogen and oxygen atoms in total. The van der Waals surface area contributed by atoms with Gasteiger partial charge in [-0.15, -0.1) is 0 Å². The molecule has 5 rings (SSSR count). The standard InChI is InChI=1S/C22H22N6/c1-28(14-15-7-3-2-4-8-15)22-23-18-10-6-5-9-17(18)21(25-22)24-20-13-19(26-27-20)16-11-12-16/h2-10,13,16H,11-12,14H2,1H3,(H2,23,24,25,26,27). The molecule has 0 spiro atoms. The smallest absolute Gasteiger partial charge is 0.227 e. The van der Waals surface area contributed by atoms with Crippen molar-refractivity contribution < 1.29 is 0 Å². The number of aromatic amines is 1. The second kappa shape index (κ2) is 6.96. The molecule has 2 aromatic heterocycles. The van der Waals surface area contributed by atoms with E-state index < -0.39 is 0 Å². The summed E-state index contributed by atoms with van der Waals surface area (Å²) in [6.45, 7) is 0.743. The van der Waals surface area contributed by atoms with Gasteiger partial charge in [-0.25, -0.2) is 4.98 Å². The quantitative estimate of drug-likeness (QED) is 0.519. The molecule has 0 amide bonds. The lowest BCUT2D eigenvalue weighted by molar-refractivity contribution is 0.874. The molecule has 2 heterocycles. The van der Waals surface area contributed by atoms with Crippen molar-refractivity contribution in [1.82, 2.24) is 20.2 Å². The molecule has 0 aliphatic heterocycles. The predicted molar refractivity (Wildman–Crippen MR) is 112 cm³/mol. The number of para-hydroxylation sites is 1. The zero-order valence-corrected chi connectivity index (χ0v) is 15.8. The van der Waals surface area contributed by atoms with E-state index in [0.29, 0.717) is 11.9 Å². The molecule has 0 radical (unpaired) electrons. The van der Waals surface area contributed by atoms with Gasteiger partial charge in [-0.3, -0.25) is 5.10 Å². The molecule has 1 saturated carbocycles. The van der Waals surface area contributed by atoms with Gasteiger partial charge in [-0.1, -0.05) is 42.5 Å². The SMILES string of the molecule is CN(Cc1ccccc1)c1nc(Nc2cc(C3CC3)[nH]n2)c2ccccc2n1. The van der Waals surface area contributed by atoms with Crippen LogP contribution in [0.25, 0.3) is 10.9 Å². The van der Waals surface area contributed by atoms with Crippen LogP contribution in [-0.4, -0.2) is 27.2 Å². The average Bonchev–Trinajstić information content (AvgIpc) is 3.48. The van der Waals surface area contributed by atoms with Crippen molar-refractivity contribution in [3.63, 3.8) is 0 Å². The number of nitrogens with zero attached hydrogens (tertiary/aromatic N) is 4. The van der Waals surface area contributed by atoms with Crippen LogP contribution < -0.4 is 10.2 Å². The fourth-order valence-corrected chi connectivity index (χ4v) is 3.38. The molecule has 1 fully saturated rings. The van der Waals surface area contributed by atoms with Crippen molar-refractivity contribution in [2.24, 2.45) is 0 Å².